The fourth-order valence-corrected chi connectivity index (χ4v) is 3.39. The number of nitrogens with one attached hydrogen (secondary N) is 1. The second-order valence-corrected chi connectivity index (χ2v) is 6.29. The number of fused-ring (bicyclic) bond motifs is 1. The average molecular weight is 285 g/mol. The number of hydrogen-bond acceptors (Lipinski definition) is 4. The molecule has 1 aliphatic rings. The number of anilines is 1. The van der Waals surface area contributed by atoms with Crippen molar-refractivity contribution in [3.63, 3.8) is 0 Å². The number of rotatable bonds is 3. The minimum Gasteiger partial charge on any atom is -0.375 e. The predicted molar refractivity (Wildman–Crippen MR) is 85.5 cm³/mol. The second-order valence-electron chi connectivity index (χ2n) is 5.17. The molecule has 0 spiro atoms. The Hall–Kier alpha value is -1.65. The first-order chi connectivity index (χ1) is 9.81. The first-order valence-corrected chi connectivity index (χ1v) is 7.79. The molecule has 20 heavy (non-hydrogen) atoms. The molecule has 104 valence electrons. The van der Waals surface area contributed by atoms with Crippen molar-refractivity contribution in [2.24, 2.45) is 5.92 Å². The van der Waals surface area contributed by atoms with Gasteiger partial charge in [-0.05, 0) is 30.9 Å². The van der Waals surface area contributed by atoms with Crippen molar-refractivity contribution in [1.82, 2.24) is 10.3 Å². The Morgan fingerprint density at radius 1 is 1.35 bits per heavy atom. The van der Waals surface area contributed by atoms with Gasteiger partial charge in [0.05, 0.1) is 5.69 Å². The standard InChI is InChI=1S/C16H19N3S/c17-16-19-14-9-13(10-18-11-15(14)20-16)8-4-7-12-5-2-1-3-6-12/h1-7,13,18H,8-11H2,(H2,17,19)/b7-4+. The highest BCUT2D eigenvalue weighted by atomic mass is 32.1. The summed E-state index contributed by atoms with van der Waals surface area (Å²) in [5, 5.41) is 4.19. The summed E-state index contributed by atoms with van der Waals surface area (Å²) in [6.45, 7) is 1.95. The maximum atomic E-state index is 5.80. The van der Waals surface area contributed by atoms with Crippen LogP contribution in [-0.4, -0.2) is 11.5 Å². The lowest BCUT2D eigenvalue weighted by molar-refractivity contribution is 0.494. The van der Waals surface area contributed by atoms with E-state index >= 15 is 0 Å². The second kappa shape index (κ2) is 6.20. The third-order valence-corrected chi connectivity index (χ3v) is 4.50. The van der Waals surface area contributed by atoms with E-state index in [-0.39, 0.29) is 0 Å². The van der Waals surface area contributed by atoms with E-state index in [0.717, 1.165) is 25.9 Å². The lowest BCUT2D eigenvalue weighted by atomic mass is 9.99. The van der Waals surface area contributed by atoms with E-state index in [4.69, 9.17) is 5.73 Å². The Morgan fingerprint density at radius 3 is 3.05 bits per heavy atom. The monoisotopic (exact) mass is 285 g/mol. The van der Waals surface area contributed by atoms with Gasteiger partial charge in [-0.3, -0.25) is 0 Å². The average Bonchev–Trinajstić information content (AvgIpc) is 2.69. The van der Waals surface area contributed by atoms with Crippen molar-refractivity contribution in [3.8, 4) is 0 Å². The summed E-state index contributed by atoms with van der Waals surface area (Å²) in [4.78, 5) is 5.76. The largest absolute Gasteiger partial charge is 0.375 e. The van der Waals surface area contributed by atoms with Gasteiger partial charge in [-0.2, -0.15) is 0 Å². The van der Waals surface area contributed by atoms with Crippen LogP contribution in [0, 0.1) is 5.92 Å². The van der Waals surface area contributed by atoms with Gasteiger partial charge in [-0.15, -0.1) is 11.3 Å². The van der Waals surface area contributed by atoms with Crippen molar-refractivity contribution in [3.05, 3.63) is 52.5 Å². The Labute approximate surface area is 123 Å². The quantitative estimate of drug-likeness (QED) is 0.911. The highest BCUT2D eigenvalue weighted by Crippen LogP contribution is 2.26. The number of nitrogen functional groups attached to an aromatic ring is 1. The van der Waals surface area contributed by atoms with Gasteiger partial charge >= 0.3 is 0 Å². The van der Waals surface area contributed by atoms with E-state index in [1.165, 1.54) is 16.1 Å². The summed E-state index contributed by atoms with van der Waals surface area (Å²) in [5.41, 5.74) is 8.24. The SMILES string of the molecule is Nc1nc2c(s1)CNCC(C/C=C/c1ccccc1)C2. The molecule has 1 atom stereocenters. The highest BCUT2D eigenvalue weighted by molar-refractivity contribution is 7.15. The molecule has 1 unspecified atom stereocenters. The van der Waals surface area contributed by atoms with Crippen molar-refractivity contribution >= 4 is 22.5 Å². The molecule has 1 aromatic heterocycles. The van der Waals surface area contributed by atoms with Gasteiger partial charge in [0.2, 0.25) is 0 Å². The number of aromatic nitrogens is 1. The molecule has 0 bridgehead atoms. The molecule has 0 radical (unpaired) electrons. The van der Waals surface area contributed by atoms with Crippen LogP contribution in [0.3, 0.4) is 0 Å². The molecule has 3 rings (SSSR count). The molecule has 0 fully saturated rings. The summed E-state index contributed by atoms with van der Waals surface area (Å²) in [5.74, 6) is 0.595. The molecule has 3 N–H and O–H groups in total. The van der Waals surface area contributed by atoms with Crippen LogP contribution in [0.25, 0.3) is 6.08 Å². The van der Waals surface area contributed by atoms with Gasteiger partial charge < -0.3 is 11.1 Å². The van der Waals surface area contributed by atoms with E-state index < -0.39 is 0 Å². The summed E-state index contributed by atoms with van der Waals surface area (Å²) in [7, 11) is 0. The van der Waals surface area contributed by atoms with Gasteiger partial charge in [0.25, 0.3) is 0 Å². The Balaban J connectivity index is 1.62. The molecule has 0 saturated carbocycles. The highest BCUT2D eigenvalue weighted by Gasteiger charge is 2.18. The minimum atomic E-state index is 0.595. The third kappa shape index (κ3) is 3.26. The fraction of sp³-hybridized carbons (Fsp3) is 0.312. The van der Waals surface area contributed by atoms with Gasteiger partial charge in [-0.1, -0.05) is 42.5 Å². The zero-order chi connectivity index (χ0) is 13.8. The third-order valence-electron chi connectivity index (χ3n) is 3.57. The molecule has 3 nitrogen and oxygen atoms in total. The molecular weight excluding hydrogens is 266 g/mol. The van der Waals surface area contributed by atoms with E-state index in [1.807, 2.05) is 6.07 Å². The molecule has 0 saturated heterocycles. The molecule has 2 aromatic rings. The van der Waals surface area contributed by atoms with Crippen LogP contribution >= 0.6 is 11.3 Å². The number of benzene rings is 1. The van der Waals surface area contributed by atoms with Crippen LogP contribution in [0.15, 0.2) is 36.4 Å². The molecule has 2 heterocycles. The summed E-state index contributed by atoms with van der Waals surface area (Å²) >= 11 is 1.61. The van der Waals surface area contributed by atoms with Gasteiger partial charge in [-0.25, -0.2) is 4.98 Å². The van der Waals surface area contributed by atoms with Crippen LogP contribution in [0.5, 0.6) is 0 Å². The Bertz CT molecular complexity index is 589. The number of nitrogens with zero attached hydrogens (tertiary/aromatic N) is 1. The lowest BCUT2D eigenvalue weighted by Crippen LogP contribution is -2.20. The fourth-order valence-electron chi connectivity index (χ4n) is 2.56. The van der Waals surface area contributed by atoms with E-state index in [1.54, 1.807) is 11.3 Å². The molecule has 0 amide bonds. The van der Waals surface area contributed by atoms with E-state index in [0.29, 0.717) is 11.0 Å². The van der Waals surface area contributed by atoms with Gasteiger partial charge in [0, 0.05) is 11.4 Å². The number of hydrogen-bond donors (Lipinski definition) is 2. The number of allylic oxidation sites excluding steroid dienone is 1. The maximum Gasteiger partial charge on any atom is 0.180 e. The van der Waals surface area contributed by atoms with E-state index in [9.17, 15) is 0 Å². The maximum absolute atomic E-state index is 5.80. The lowest BCUT2D eigenvalue weighted by Gasteiger charge is -2.11. The smallest absolute Gasteiger partial charge is 0.180 e. The number of nitrogens with two attached hydrogens (primary N) is 1. The normalized spacial score (nSPS) is 18.9. The summed E-state index contributed by atoms with van der Waals surface area (Å²) in [6.07, 6.45) is 6.55. The van der Waals surface area contributed by atoms with Gasteiger partial charge in [0.1, 0.15) is 0 Å². The first-order valence-electron chi connectivity index (χ1n) is 6.97. The predicted octanol–water partition coefficient (Wildman–Crippen LogP) is 3.09. The van der Waals surface area contributed by atoms with Crippen molar-refractivity contribution in [2.75, 3.05) is 12.3 Å². The Morgan fingerprint density at radius 2 is 2.20 bits per heavy atom. The summed E-state index contributed by atoms with van der Waals surface area (Å²) < 4.78 is 0. The van der Waals surface area contributed by atoms with Crippen LogP contribution in [0.1, 0.15) is 22.6 Å². The molecular formula is C16H19N3S. The first kappa shape index (κ1) is 13.3. The Kier molecular flexibility index (Phi) is 4.14. The molecule has 1 aliphatic heterocycles. The van der Waals surface area contributed by atoms with Gasteiger partial charge in [0.15, 0.2) is 5.13 Å². The number of thiazole rings is 1. The van der Waals surface area contributed by atoms with Crippen molar-refractivity contribution < 1.29 is 0 Å². The van der Waals surface area contributed by atoms with Crippen LogP contribution < -0.4 is 11.1 Å². The minimum absolute atomic E-state index is 0.595. The topological polar surface area (TPSA) is 50.9 Å². The van der Waals surface area contributed by atoms with Crippen LogP contribution in [0.2, 0.25) is 0 Å². The van der Waals surface area contributed by atoms with Crippen molar-refractivity contribution in [1.29, 1.82) is 0 Å². The molecule has 0 aliphatic carbocycles. The van der Waals surface area contributed by atoms with Crippen molar-refractivity contribution in [2.45, 2.75) is 19.4 Å². The van der Waals surface area contributed by atoms with Crippen LogP contribution in [0.4, 0.5) is 5.13 Å². The zero-order valence-corrected chi connectivity index (χ0v) is 12.2. The summed E-state index contributed by atoms with van der Waals surface area (Å²) in [6, 6.07) is 10.4. The zero-order valence-electron chi connectivity index (χ0n) is 11.4. The van der Waals surface area contributed by atoms with E-state index in [2.05, 4.69) is 46.7 Å². The van der Waals surface area contributed by atoms with Crippen LogP contribution in [-0.2, 0) is 13.0 Å². The molecule has 4 heteroatoms. The molecule has 1 aromatic carbocycles.